The van der Waals surface area contributed by atoms with Gasteiger partial charge in [-0.1, -0.05) is 6.07 Å². The Labute approximate surface area is 114 Å². The van der Waals surface area contributed by atoms with Gasteiger partial charge in [0, 0.05) is 18.3 Å². The number of benzene rings is 1. The first-order valence-electron chi connectivity index (χ1n) is 5.41. The van der Waals surface area contributed by atoms with Crippen molar-refractivity contribution in [2.75, 3.05) is 12.8 Å². The summed E-state index contributed by atoms with van der Waals surface area (Å²) in [5, 5.41) is 0. The van der Waals surface area contributed by atoms with Gasteiger partial charge in [0.1, 0.15) is 5.76 Å². The van der Waals surface area contributed by atoms with Crippen LogP contribution in [-0.4, -0.2) is 17.9 Å². The first-order valence-corrected chi connectivity index (χ1v) is 6.21. The molecule has 2 N–H and O–H groups in total. The quantitative estimate of drug-likeness (QED) is 0.887. The van der Waals surface area contributed by atoms with Crippen molar-refractivity contribution in [1.29, 1.82) is 0 Å². The van der Waals surface area contributed by atoms with Gasteiger partial charge in [0.2, 0.25) is 0 Å². The van der Waals surface area contributed by atoms with Gasteiger partial charge in [-0.2, -0.15) is 0 Å². The number of anilines is 1. The summed E-state index contributed by atoms with van der Waals surface area (Å²) in [5.41, 5.74) is 6.81. The first-order chi connectivity index (χ1) is 8.56. The van der Waals surface area contributed by atoms with E-state index in [2.05, 4.69) is 15.9 Å². The second-order valence-electron chi connectivity index (χ2n) is 3.99. The Bertz CT molecular complexity index is 566. The van der Waals surface area contributed by atoms with E-state index in [1.807, 2.05) is 6.07 Å². The van der Waals surface area contributed by atoms with Gasteiger partial charge in [0.25, 0.3) is 5.91 Å². The van der Waals surface area contributed by atoms with Crippen molar-refractivity contribution >= 4 is 27.5 Å². The van der Waals surface area contributed by atoms with Gasteiger partial charge in [0.05, 0.1) is 6.54 Å². The molecule has 0 saturated heterocycles. The zero-order valence-corrected chi connectivity index (χ0v) is 11.5. The SMILES string of the molecule is CN(Cc1ccc(Br)o1)C(=O)c1cccc(N)c1. The van der Waals surface area contributed by atoms with E-state index in [1.54, 1.807) is 42.3 Å². The molecule has 5 heteroatoms. The number of rotatable bonds is 3. The molecule has 0 saturated carbocycles. The monoisotopic (exact) mass is 308 g/mol. The number of hydrogen-bond acceptors (Lipinski definition) is 3. The van der Waals surface area contributed by atoms with E-state index in [1.165, 1.54) is 0 Å². The highest BCUT2D eigenvalue weighted by molar-refractivity contribution is 9.10. The molecule has 0 bridgehead atoms. The largest absolute Gasteiger partial charge is 0.452 e. The minimum absolute atomic E-state index is 0.0881. The number of furan rings is 1. The Morgan fingerprint density at radius 3 is 2.78 bits per heavy atom. The van der Waals surface area contributed by atoms with Crippen LogP contribution >= 0.6 is 15.9 Å². The van der Waals surface area contributed by atoms with Crippen LogP contribution in [0.1, 0.15) is 16.1 Å². The topological polar surface area (TPSA) is 59.5 Å². The molecular weight excluding hydrogens is 296 g/mol. The number of nitrogens with two attached hydrogens (primary N) is 1. The van der Waals surface area contributed by atoms with Gasteiger partial charge in [-0.3, -0.25) is 4.79 Å². The molecule has 0 atom stereocenters. The first kappa shape index (κ1) is 12.7. The summed E-state index contributed by atoms with van der Waals surface area (Å²) in [4.78, 5) is 13.7. The van der Waals surface area contributed by atoms with Gasteiger partial charge < -0.3 is 15.1 Å². The summed E-state index contributed by atoms with van der Waals surface area (Å²) >= 11 is 3.23. The van der Waals surface area contributed by atoms with Crippen LogP contribution in [0.2, 0.25) is 0 Å². The molecule has 18 heavy (non-hydrogen) atoms. The average Bonchev–Trinajstić information content (AvgIpc) is 2.73. The fourth-order valence-electron chi connectivity index (χ4n) is 1.63. The number of nitrogen functional groups attached to an aromatic ring is 1. The molecule has 94 valence electrons. The zero-order chi connectivity index (χ0) is 13.1. The normalized spacial score (nSPS) is 10.3. The van der Waals surface area contributed by atoms with Crippen LogP contribution in [0.3, 0.4) is 0 Å². The Morgan fingerprint density at radius 1 is 1.39 bits per heavy atom. The minimum Gasteiger partial charge on any atom is -0.452 e. The van der Waals surface area contributed by atoms with Gasteiger partial charge in [-0.05, 0) is 46.3 Å². The molecule has 1 amide bonds. The maximum Gasteiger partial charge on any atom is 0.254 e. The number of carbonyl (C=O) groups is 1. The molecule has 0 aliphatic heterocycles. The standard InChI is InChI=1S/C13H13BrN2O2/c1-16(8-11-5-6-12(14)18-11)13(17)9-3-2-4-10(15)7-9/h2-7H,8,15H2,1H3. The van der Waals surface area contributed by atoms with Crippen molar-refractivity contribution in [3.63, 3.8) is 0 Å². The van der Waals surface area contributed by atoms with Crippen LogP contribution in [0.5, 0.6) is 0 Å². The molecule has 1 aromatic carbocycles. The maximum absolute atomic E-state index is 12.1. The number of nitrogens with zero attached hydrogens (tertiary/aromatic N) is 1. The van der Waals surface area contributed by atoms with Crippen LogP contribution < -0.4 is 5.73 Å². The van der Waals surface area contributed by atoms with E-state index in [0.29, 0.717) is 22.5 Å². The van der Waals surface area contributed by atoms with Crippen LogP contribution in [-0.2, 0) is 6.54 Å². The maximum atomic E-state index is 12.1. The molecule has 0 spiro atoms. The van der Waals surface area contributed by atoms with Gasteiger partial charge in [-0.25, -0.2) is 0 Å². The lowest BCUT2D eigenvalue weighted by Gasteiger charge is -2.15. The molecule has 4 nitrogen and oxygen atoms in total. The molecule has 1 heterocycles. The molecule has 0 aliphatic carbocycles. The summed E-state index contributed by atoms with van der Waals surface area (Å²) < 4.78 is 6.02. The van der Waals surface area contributed by atoms with Gasteiger partial charge in [-0.15, -0.1) is 0 Å². The molecule has 0 fully saturated rings. The Morgan fingerprint density at radius 2 is 2.17 bits per heavy atom. The molecule has 0 unspecified atom stereocenters. The number of hydrogen-bond donors (Lipinski definition) is 1. The van der Waals surface area contributed by atoms with Crippen LogP contribution in [0.4, 0.5) is 5.69 Å². The lowest BCUT2D eigenvalue weighted by Crippen LogP contribution is -2.26. The van der Waals surface area contributed by atoms with Crippen molar-refractivity contribution in [1.82, 2.24) is 4.90 Å². The third-order valence-corrected chi connectivity index (χ3v) is 2.93. The summed E-state index contributed by atoms with van der Waals surface area (Å²) in [6.45, 7) is 0.416. The summed E-state index contributed by atoms with van der Waals surface area (Å²) in [6, 6.07) is 10.5. The van der Waals surface area contributed by atoms with E-state index in [9.17, 15) is 4.79 Å². The summed E-state index contributed by atoms with van der Waals surface area (Å²) in [5.74, 6) is 0.636. The molecular formula is C13H13BrN2O2. The highest BCUT2D eigenvalue weighted by atomic mass is 79.9. The van der Waals surface area contributed by atoms with E-state index in [-0.39, 0.29) is 5.91 Å². The van der Waals surface area contributed by atoms with E-state index >= 15 is 0 Å². The molecule has 0 radical (unpaired) electrons. The highest BCUT2D eigenvalue weighted by Crippen LogP contribution is 2.16. The lowest BCUT2D eigenvalue weighted by molar-refractivity contribution is 0.0775. The average molecular weight is 309 g/mol. The van der Waals surface area contributed by atoms with Crippen molar-refractivity contribution in [3.8, 4) is 0 Å². The second kappa shape index (κ2) is 5.27. The van der Waals surface area contributed by atoms with Crippen molar-refractivity contribution in [2.24, 2.45) is 0 Å². The predicted molar refractivity (Wildman–Crippen MR) is 73.1 cm³/mol. The van der Waals surface area contributed by atoms with Gasteiger partial charge in [0.15, 0.2) is 4.67 Å². The Balaban J connectivity index is 2.09. The van der Waals surface area contributed by atoms with Crippen molar-refractivity contribution in [2.45, 2.75) is 6.54 Å². The number of amides is 1. The van der Waals surface area contributed by atoms with Crippen LogP contribution in [0, 0.1) is 0 Å². The minimum atomic E-state index is -0.0881. The summed E-state index contributed by atoms with van der Waals surface area (Å²) in [6.07, 6.45) is 0. The number of carbonyl (C=O) groups excluding carboxylic acids is 1. The van der Waals surface area contributed by atoms with Crippen LogP contribution in [0.25, 0.3) is 0 Å². The molecule has 2 rings (SSSR count). The summed E-state index contributed by atoms with van der Waals surface area (Å²) in [7, 11) is 1.72. The smallest absolute Gasteiger partial charge is 0.254 e. The van der Waals surface area contributed by atoms with Crippen molar-refractivity contribution in [3.05, 3.63) is 52.4 Å². The fraction of sp³-hybridized carbons (Fsp3) is 0.154. The van der Waals surface area contributed by atoms with E-state index in [0.717, 1.165) is 5.76 Å². The molecule has 2 aromatic rings. The Kier molecular flexibility index (Phi) is 3.72. The highest BCUT2D eigenvalue weighted by Gasteiger charge is 2.13. The lowest BCUT2D eigenvalue weighted by atomic mass is 10.2. The fourth-order valence-corrected chi connectivity index (χ4v) is 1.97. The van der Waals surface area contributed by atoms with E-state index < -0.39 is 0 Å². The second-order valence-corrected chi connectivity index (χ2v) is 4.77. The third-order valence-electron chi connectivity index (χ3n) is 2.50. The molecule has 1 aromatic heterocycles. The van der Waals surface area contributed by atoms with Crippen LogP contribution in [0.15, 0.2) is 45.5 Å². The third kappa shape index (κ3) is 2.92. The Hall–Kier alpha value is -1.75. The zero-order valence-electron chi connectivity index (χ0n) is 9.89. The van der Waals surface area contributed by atoms with Crippen molar-refractivity contribution < 1.29 is 9.21 Å². The predicted octanol–water partition coefficient (Wildman–Crippen LogP) is 2.90. The van der Waals surface area contributed by atoms with Gasteiger partial charge >= 0.3 is 0 Å². The number of halogens is 1. The van der Waals surface area contributed by atoms with E-state index in [4.69, 9.17) is 10.2 Å². The molecule has 0 aliphatic rings.